The lowest BCUT2D eigenvalue weighted by atomic mass is 10.4. The number of hydrogen-bond donors (Lipinski definition) is 1. The van der Waals surface area contributed by atoms with Gasteiger partial charge in [0, 0.05) is 18.5 Å². The second-order valence-corrected chi connectivity index (χ2v) is 7.55. The second kappa shape index (κ2) is 4.44. The van der Waals surface area contributed by atoms with Crippen LogP contribution in [-0.4, -0.2) is 31.4 Å². The van der Waals surface area contributed by atoms with Crippen LogP contribution in [0.25, 0.3) is 0 Å². The highest BCUT2D eigenvalue weighted by atomic mass is 32.2. The summed E-state index contributed by atoms with van der Waals surface area (Å²) in [4.78, 5) is 0.679. The molecule has 1 aromatic rings. The lowest BCUT2D eigenvalue weighted by molar-refractivity contribution is 0.285. The number of sulfonamides is 1. The highest BCUT2D eigenvalue weighted by Gasteiger charge is 2.29. The summed E-state index contributed by atoms with van der Waals surface area (Å²) in [6, 6.07) is 3.22. The molecule has 0 bridgehead atoms. The zero-order chi connectivity index (χ0) is 11.8. The Kier molecular flexibility index (Phi) is 3.34. The van der Waals surface area contributed by atoms with E-state index in [-0.39, 0.29) is 6.61 Å². The van der Waals surface area contributed by atoms with E-state index in [0.29, 0.717) is 21.5 Å². The Morgan fingerprint density at radius 2 is 2.19 bits per heavy atom. The normalized spacial score (nSPS) is 16.9. The van der Waals surface area contributed by atoms with Gasteiger partial charge in [0.15, 0.2) is 0 Å². The Morgan fingerprint density at radius 1 is 1.50 bits per heavy atom. The van der Waals surface area contributed by atoms with Gasteiger partial charge in [-0.15, -0.1) is 11.3 Å². The van der Waals surface area contributed by atoms with Crippen molar-refractivity contribution >= 4 is 21.4 Å². The first kappa shape index (κ1) is 12.0. The van der Waals surface area contributed by atoms with E-state index in [0.717, 1.165) is 24.2 Å². The van der Waals surface area contributed by atoms with Crippen molar-refractivity contribution in [3.8, 4) is 0 Å². The molecule has 1 heterocycles. The molecule has 1 N–H and O–H groups in total. The molecule has 1 fully saturated rings. The van der Waals surface area contributed by atoms with Crippen molar-refractivity contribution in [1.29, 1.82) is 0 Å². The third kappa shape index (κ3) is 2.45. The standard InChI is InChI=1S/C10H15NO3S2/c1-11(6-8-2-3-8)16(13,14)10-5-4-9(7-12)15-10/h4-5,8,12H,2-3,6-7H2,1H3. The number of rotatable bonds is 5. The molecule has 0 saturated heterocycles. The van der Waals surface area contributed by atoms with Gasteiger partial charge in [0.1, 0.15) is 4.21 Å². The number of aliphatic hydroxyl groups is 1. The van der Waals surface area contributed by atoms with E-state index in [9.17, 15) is 8.42 Å². The summed E-state index contributed by atoms with van der Waals surface area (Å²) in [7, 11) is -1.73. The van der Waals surface area contributed by atoms with Gasteiger partial charge in [-0.05, 0) is 30.9 Å². The monoisotopic (exact) mass is 261 g/mol. The Morgan fingerprint density at radius 3 is 2.69 bits per heavy atom. The Labute approximate surface area is 99.6 Å². The van der Waals surface area contributed by atoms with Crippen LogP contribution >= 0.6 is 11.3 Å². The molecule has 0 aliphatic heterocycles. The molecule has 16 heavy (non-hydrogen) atoms. The first-order chi connectivity index (χ1) is 7.54. The highest BCUT2D eigenvalue weighted by molar-refractivity contribution is 7.91. The molecule has 0 spiro atoms. The molecule has 90 valence electrons. The maximum Gasteiger partial charge on any atom is 0.252 e. The van der Waals surface area contributed by atoms with E-state index in [4.69, 9.17) is 5.11 Å². The molecule has 0 unspecified atom stereocenters. The second-order valence-electron chi connectivity index (χ2n) is 4.11. The van der Waals surface area contributed by atoms with E-state index in [1.807, 2.05) is 0 Å². The smallest absolute Gasteiger partial charge is 0.252 e. The van der Waals surface area contributed by atoms with Gasteiger partial charge in [-0.3, -0.25) is 0 Å². The Balaban J connectivity index is 2.16. The molecule has 4 nitrogen and oxygen atoms in total. The maximum absolute atomic E-state index is 12.1. The van der Waals surface area contributed by atoms with E-state index in [1.54, 1.807) is 19.2 Å². The molecule has 1 aromatic heterocycles. The van der Waals surface area contributed by atoms with Gasteiger partial charge in [0.05, 0.1) is 6.61 Å². The van der Waals surface area contributed by atoms with Gasteiger partial charge in [-0.1, -0.05) is 0 Å². The van der Waals surface area contributed by atoms with Crippen molar-refractivity contribution in [2.75, 3.05) is 13.6 Å². The van der Waals surface area contributed by atoms with Crippen molar-refractivity contribution in [1.82, 2.24) is 4.31 Å². The van der Waals surface area contributed by atoms with Crippen LogP contribution in [0.5, 0.6) is 0 Å². The van der Waals surface area contributed by atoms with Gasteiger partial charge in [0.25, 0.3) is 10.0 Å². The Hall–Kier alpha value is -0.430. The molecule has 0 amide bonds. The lowest BCUT2D eigenvalue weighted by Gasteiger charge is -2.15. The van der Waals surface area contributed by atoms with Gasteiger partial charge < -0.3 is 5.11 Å². The van der Waals surface area contributed by atoms with Crippen LogP contribution in [0.2, 0.25) is 0 Å². The van der Waals surface area contributed by atoms with Crippen molar-refractivity contribution in [3.05, 3.63) is 17.0 Å². The van der Waals surface area contributed by atoms with Crippen LogP contribution in [-0.2, 0) is 16.6 Å². The number of hydrogen-bond acceptors (Lipinski definition) is 4. The van der Waals surface area contributed by atoms with Crippen LogP contribution in [0.4, 0.5) is 0 Å². The van der Waals surface area contributed by atoms with Crippen LogP contribution in [0.1, 0.15) is 17.7 Å². The lowest BCUT2D eigenvalue weighted by Crippen LogP contribution is -2.28. The Bertz CT molecular complexity index is 462. The minimum absolute atomic E-state index is 0.105. The van der Waals surface area contributed by atoms with E-state index >= 15 is 0 Å². The molecular formula is C10H15NO3S2. The predicted octanol–water partition coefficient (Wildman–Crippen LogP) is 1.27. The van der Waals surface area contributed by atoms with E-state index in [1.165, 1.54) is 4.31 Å². The summed E-state index contributed by atoms with van der Waals surface area (Å²) in [6.45, 7) is 0.501. The van der Waals surface area contributed by atoms with Crippen molar-refractivity contribution in [2.45, 2.75) is 23.7 Å². The molecule has 1 saturated carbocycles. The summed E-state index contributed by atoms with van der Waals surface area (Å²) >= 11 is 1.14. The fraction of sp³-hybridized carbons (Fsp3) is 0.600. The maximum atomic E-state index is 12.1. The molecular weight excluding hydrogens is 246 g/mol. The summed E-state index contributed by atoms with van der Waals surface area (Å²) in [6.07, 6.45) is 2.26. The predicted molar refractivity (Wildman–Crippen MR) is 62.8 cm³/mol. The van der Waals surface area contributed by atoms with Crippen LogP contribution < -0.4 is 0 Å². The minimum atomic E-state index is -3.34. The average Bonchev–Trinajstić information content (AvgIpc) is 2.93. The molecule has 1 aliphatic rings. The zero-order valence-corrected chi connectivity index (χ0v) is 10.7. The van der Waals surface area contributed by atoms with Crippen molar-refractivity contribution in [3.63, 3.8) is 0 Å². The number of aliphatic hydroxyl groups excluding tert-OH is 1. The van der Waals surface area contributed by atoms with Crippen LogP contribution in [0.15, 0.2) is 16.3 Å². The molecule has 0 atom stereocenters. The number of thiophene rings is 1. The quantitative estimate of drug-likeness (QED) is 0.868. The zero-order valence-electron chi connectivity index (χ0n) is 9.09. The summed E-state index contributed by atoms with van der Waals surface area (Å²) in [5.74, 6) is 0.539. The van der Waals surface area contributed by atoms with Gasteiger partial charge in [-0.2, -0.15) is 4.31 Å². The van der Waals surface area contributed by atoms with Gasteiger partial charge in [0.2, 0.25) is 0 Å². The van der Waals surface area contributed by atoms with E-state index in [2.05, 4.69) is 0 Å². The molecule has 0 radical (unpaired) electrons. The highest BCUT2D eigenvalue weighted by Crippen LogP contribution is 2.32. The largest absolute Gasteiger partial charge is 0.391 e. The third-order valence-electron chi connectivity index (χ3n) is 2.67. The fourth-order valence-corrected chi connectivity index (χ4v) is 4.17. The molecule has 2 rings (SSSR count). The van der Waals surface area contributed by atoms with Gasteiger partial charge in [-0.25, -0.2) is 8.42 Å². The average molecular weight is 261 g/mol. The summed E-state index contributed by atoms with van der Waals surface area (Å²) < 4.78 is 25.9. The molecule has 1 aliphatic carbocycles. The van der Waals surface area contributed by atoms with E-state index < -0.39 is 10.0 Å². The van der Waals surface area contributed by atoms with Crippen molar-refractivity contribution in [2.24, 2.45) is 5.92 Å². The SMILES string of the molecule is CN(CC1CC1)S(=O)(=O)c1ccc(CO)s1. The fourth-order valence-electron chi connectivity index (χ4n) is 1.50. The molecule has 0 aromatic carbocycles. The van der Waals surface area contributed by atoms with Crippen LogP contribution in [0.3, 0.4) is 0 Å². The summed E-state index contributed by atoms with van der Waals surface area (Å²) in [5, 5.41) is 8.91. The van der Waals surface area contributed by atoms with Crippen LogP contribution in [0, 0.1) is 5.92 Å². The van der Waals surface area contributed by atoms with Crippen molar-refractivity contribution < 1.29 is 13.5 Å². The summed E-state index contributed by atoms with van der Waals surface area (Å²) in [5.41, 5.74) is 0. The van der Waals surface area contributed by atoms with Gasteiger partial charge >= 0.3 is 0 Å². The number of nitrogens with zero attached hydrogens (tertiary/aromatic N) is 1. The topological polar surface area (TPSA) is 57.6 Å². The first-order valence-electron chi connectivity index (χ1n) is 5.20. The first-order valence-corrected chi connectivity index (χ1v) is 7.45. The molecule has 6 heteroatoms. The third-order valence-corrected chi connectivity index (χ3v) is 6.03. The minimum Gasteiger partial charge on any atom is -0.391 e.